The van der Waals surface area contributed by atoms with Crippen LogP contribution in [-0.4, -0.2) is 27.2 Å². The van der Waals surface area contributed by atoms with Crippen LogP contribution in [0.4, 0.5) is 0 Å². The first-order valence-corrected chi connectivity index (χ1v) is 7.19. The van der Waals surface area contributed by atoms with Crippen molar-refractivity contribution in [3.63, 3.8) is 0 Å². The number of amides is 1. The second-order valence-electron chi connectivity index (χ2n) is 5.59. The van der Waals surface area contributed by atoms with Crippen molar-refractivity contribution in [3.8, 4) is 0 Å². The summed E-state index contributed by atoms with van der Waals surface area (Å²) >= 11 is 0. The van der Waals surface area contributed by atoms with Gasteiger partial charge in [-0.25, -0.2) is 0 Å². The second kappa shape index (κ2) is 7.61. The summed E-state index contributed by atoms with van der Waals surface area (Å²) in [5.41, 5.74) is 9.14. The van der Waals surface area contributed by atoms with Crippen LogP contribution in [0.2, 0.25) is 0 Å². The van der Waals surface area contributed by atoms with Gasteiger partial charge in [0.15, 0.2) is 0 Å². The van der Waals surface area contributed by atoms with Crippen molar-refractivity contribution in [2.45, 2.75) is 53.8 Å². The largest absolute Gasteiger partial charge is 0.361 e. The van der Waals surface area contributed by atoms with Crippen molar-refractivity contribution >= 4 is 18.3 Å². The van der Waals surface area contributed by atoms with Gasteiger partial charge in [-0.1, -0.05) is 10.3 Å². The zero-order valence-electron chi connectivity index (χ0n) is 14.0. The molecule has 2 rings (SSSR count). The summed E-state index contributed by atoms with van der Waals surface area (Å²) in [6, 6.07) is -0.582. The molecule has 7 nitrogen and oxygen atoms in total. The molecule has 0 unspecified atom stereocenters. The lowest BCUT2D eigenvalue weighted by Crippen LogP contribution is -2.41. The predicted molar refractivity (Wildman–Crippen MR) is 87.1 cm³/mol. The number of nitrogens with zero attached hydrogens (tertiary/aromatic N) is 3. The van der Waals surface area contributed by atoms with Crippen molar-refractivity contribution in [2.24, 2.45) is 5.73 Å². The highest BCUT2D eigenvalue weighted by molar-refractivity contribution is 5.85. The van der Waals surface area contributed by atoms with E-state index in [0.29, 0.717) is 24.6 Å². The Kier molecular flexibility index (Phi) is 6.35. The maximum atomic E-state index is 12.4. The Hall–Kier alpha value is -1.86. The van der Waals surface area contributed by atoms with Gasteiger partial charge in [0, 0.05) is 11.1 Å². The third-order valence-electron chi connectivity index (χ3n) is 3.76. The molecule has 0 spiro atoms. The molecule has 8 heteroatoms. The van der Waals surface area contributed by atoms with E-state index in [-0.39, 0.29) is 18.3 Å². The van der Waals surface area contributed by atoms with Crippen LogP contribution < -0.4 is 5.73 Å². The van der Waals surface area contributed by atoms with Crippen LogP contribution in [0.1, 0.15) is 41.0 Å². The lowest BCUT2D eigenvalue weighted by molar-refractivity contribution is -0.133. The number of hydrogen-bond acceptors (Lipinski definition) is 6. The Morgan fingerprint density at radius 3 is 1.70 bits per heavy atom. The van der Waals surface area contributed by atoms with Gasteiger partial charge in [-0.3, -0.25) is 4.79 Å². The van der Waals surface area contributed by atoms with Gasteiger partial charge in [0.05, 0.1) is 30.5 Å². The molecule has 0 bridgehead atoms. The minimum atomic E-state index is -0.582. The molecule has 0 fully saturated rings. The van der Waals surface area contributed by atoms with E-state index in [9.17, 15) is 4.79 Å². The maximum Gasteiger partial charge on any atom is 0.239 e. The molecule has 2 aromatic rings. The SMILES string of the molecule is Cc1noc(C)c1CN(Cc1c(C)noc1C)C(=O)[C@@H](C)N.Cl. The predicted octanol–water partition coefficient (Wildman–Crippen LogP) is 2.19. The monoisotopic (exact) mass is 342 g/mol. The van der Waals surface area contributed by atoms with E-state index in [1.54, 1.807) is 11.8 Å². The van der Waals surface area contributed by atoms with Crippen molar-refractivity contribution in [2.75, 3.05) is 0 Å². The van der Waals surface area contributed by atoms with E-state index in [0.717, 1.165) is 22.5 Å². The minimum Gasteiger partial charge on any atom is -0.361 e. The fourth-order valence-electron chi connectivity index (χ4n) is 2.34. The molecule has 0 aromatic carbocycles. The lowest BCUT2D eigenvalue weighted by Gasteiger charge is -2.24. The Labute approximate surface area is 141 Å². The summed E-state index contributed by atoms with van der Waals surface area (Å²) in [5.74, 6) is 1.28. The van der Waals surface area contributed by atoms with Gasteiger partial charge in [-0.15, -0.1) is 12.4 Å². The van der Waals surface area contributed by atoms with Gasteiger partial charge in [0.25, 0.3) is 0 Å². The van der Waals surface area contributed by atoms with Crippen molar-refractivity contribution < 1.29 is 13.8 Å². The van der Waals surface area contributed by atoms with E-state index in [1.165, 1.54) is 0 Å². The molecule has 2 N–H and O–H groups in total. The van der Waals surface area contributed by atoms with Crippen LogP contribution >= 0.6 is 12.4 Å². The second-order valence-corrected chi connectivity index (χ2v) is 5.59. The zero-order valence-corrected chi connectivity index (χ0v) is 14.9. The highest BCUT2D eigenvalue weighted by atomic mass is 35.5. The van der Waals surface area contributed by atoms with Gasteiger partial charge < -0.3 is 19.7 Å². The fraction of sp³-hybridized carbons (Fsp3) is 0.533. The topological polar surface area (TPSA) is 98.4 Å². The average Bonchev–Trinajstić information content (AvgIpc) is 2.94. The number of carbonyl (C=O) groups excluding carboxylic acids is 1. The van der Waals surface area contributed by atoms with Crippen LogP contribution in [0.15, 0.2) is 9.05 Å². The number of aryl methyl sites for hydroxylation is 4. The first-order chi connectivity index (χ1) is 10.3. The summed E-state index contributed by atoms with van der Waals surface area (Å²) in [6.45, 7) is 9.85. The molecule has 0 aliphatic heterocycles. The van der Waals surface area contributed by atoms with Crippen molar-refractivity contribution in [1.82, 2.24) is 15.2 Å². The molecule has 0 radical (unpaired) electrons. The molecule has 2 heterocycles. The van der Waals surface area contributed by atoms with Gasteiger partial charge >= 0.3 is 0 Å². The van der Waals surface area contributed by atoms with Crippen LogP contribution in [0, 0.1) is 27.7 Å². The number of nitrogens with two attached hydrogens (primary N) is 1. The van der Waals surface area contributed by atoms with Gasteiger partial charge in [0.1, 0.15) is 11.5 Å². The standard InChI is InChI=1S/C15H22N4O3.ClH/c1-8(16)15(20)19(6-13-9(2)17-21-11(13)4)7-14-10(3)18-22-12(14)5;/h8H,6-7,16H2,1-5H3;1H/t8-;/m1./s1. The molecule has 128 valence electrons. The number of rotatable bonds is 5. The average molecular weight is 343 g/mol. The summed E-state index contributed by atoms with van der Waals surface area (Å²) in [5, 5.41) is 7.86. The molecule has 23 heavy (non-hydrogen) atoms. The third kappa shape index (κ3) is 4.11. The van der Waals surface area contributed by atoms with E-state index in [2.05, 4.69) is 10.3 Å². The van der Waals surface area contributed by atoms with E-state index < -0.39 is 6.04 Å². The minimum absolute atomic E-state index is 0. The van der Waals surface area contributed by atoms with Crippen LogP contribution in [0.25, 0.3) is 0 Å². The van der Waals surface area contributed by atoms with E-state index in [1.807, 2.05) is 27.7 Å². The van der Waals surface area contributed by atoms with E-state index >= 15 is 0 Å². The first-order valence-electron chi connectivity index (χ1n) is 7.19. The first kappa shape index (κ1) is 19.2. The smallest absolute Gasteiger partial charge is 0.239 e. The summed E-state index contributed by atoms with van der Waals surface area (Å²) < 4.78 is 10.3. The molecule has 1 atom stereocenters. The molecule has 0 aliphatic rings. The molecule has 0 saturated carbocycles. The molecular weight excluding hydrogens is 320 g/mol. The lowest BCUT2D eigenvalue weighted by atomic mass is 10.1. The number of carbonyl (C=O) groups is 1. The Bertz CT molecular complexity index is 591. The van der Waals surface area contributed by atoms with E-state index in [4.69, 9.17) is 14.8 Å². The quantitative estimate of drug-likeness (QED) is 0.894. The molecule has 2 aromatic heterocycles. The molecule has 1 amide bonds. The summed E-state index contributed by atoms with van der Waals surface area (Å²) in [7, 11) is 0. The van der Waals surface area contributed by atoms with Gasteiger partial charge in [0.2, 0.25) is 5.91 Å². The Balaban J connectivity index is 0.00000264. The fourth-order valence-corrected chi connectivity index (χ4v) is 2.34. The summed E-state index contributed by atoms with van der Waals surface area (Å²) in [6.07, 6.45) is 0. The molecule has 0 saturated heterocycles. The molecule has 0 aliphatic carbocycles. The number of hydrogen-bond donors (Lipinski definition) is 1. The van der Waals surface area contributed by atoms with Gasteiger partial charge in [-0.2, -0.15) is 0 Å². The summed E-state index contributed by atoms with van der Waals surface area (Å²) in [4.78, 5) is 14.1. The highest BCUT2D eigenvalue weighted by Crippen LogP contribution is 2.20. The third-order valence-corrected chi connectivity index (χ3v) is 3.76. The van der Waals surface area contributed by atoms with Crippen LogP contribution in [0.3, 0.4) is 0 Å². The normalized spacial score (nSPS) is 11.9. The number of halogens is 1. The van der Waals surface area contributed by atoms with Crippen molar-refractivity contribution in [3.05, 3.63) is 34.0 Å². The highest BCUT2D eigenvalue weighted by Gasteiger charge is 2.23. The van der Waals surface area contributed by atoms with Gasteiger partial charge in [-0.05, 0) is 34.6 Å². The molecular formula is C15H23ClN4O3. The van der Waals surface area contributed by atoms with Crippen molar-refractivity contribution in [1.29, 1.82) is 0 Å². The Morgan fingerprint density at radius 2 is 1.43 bits per heavy atom. The van der Waals surface area contributed by atoms with Crippen LogP contribution in [-0.2, 0) is 17.9 Å². The Morgan fingerprint density at radius 1 is 1.04 bits per heavy atom. The van der Waals surface area contributed by atoms with Crippen LogP contribution in [0.5, 0.6) is 0 Å². The zero-order chi connectivity index (χ0) is 16.4. The maximum absolute atomic E-state index is 12.4. The number of aromatic nitrogens is 2.